The maximum Gasteiger partial charge on any atom is 0.164 e. The van der Waals surface area contributed by atoms with E-state index < -0.39 is 0 Å². The number of nitrogens with zero attached hydrogens (tertiary/aromatic N) is 3. The molecule has 0 N–H and O–H groups in total. The minimum absolute atomic E-state index is 0.669. The molecule has 222 valence electrons. The Hall–Kier alpha value is -6.13. The number of fused-ring (bicyclic) bond motifs is 4. The number of aromatic nitrogens is 3. The SMILES string of the molecule is C1=C(c2ccccc2)CCC(c2nc(-c3ccccc3)nc(-c3cccc4c(-c5cccc6oc7ccccc7c56)cccc34)n2)=C1. The van der Waals surface area contributed by atoms with Crippen LogP contribution in [-0.2, 0) is 0 Å². The maximum atomic E-state index is 6.24. The first kappa shape index (κ1) is 27.2. The number of para-hydroxylation sites is 1. The average Bonchev–Trinajstić information content (AvgIpc) is 3.54. The molecule has 0 radical (unpaired) electrons. The smallest absolute Gasteiger partial charge is 0.164 e. The van der Waals surface area contributed by atoms with Gasteiger partial charge in [0.05, 0.1) is 0 Å². The van der Waals surface area contributed by atoms with Crippen LogP contribution in [0.2, 0.25) is 0 Å². The van der Waals surface area contributed by atoms with Crippen molar-refractivity contribution in [3.63, 3.8) is 0 Å². The Morgan fingerprint density at radius 1 is 0.383 bits per heavy atom. The molecular weight excluding hydrogens is 574 g/mol. The number of allylic oxidation sites excluding steroid dienone is 4. The van der Waals surface area contributed by atoms with Gasteiger partial charge in [-0.05, 0) is 63.6 Å². The van der Waals surface area contributed by atoms with Crippen LogP contribution >= 0.6 is 0 Å². The van der Waals surface area contributed by atoms with Gasteiger partial charge in [-0.15, -0.1) is 0 Å². The minimum Gasteiger partial charge on any atom is -0.456 e. The van der Waals surface area contributed by atoms with E-state index in [4.69, 9.17) is 19.4 Å². The van der Waals surface area contributed by atoms with Crippen molar-refractivity contribution in [2.75, 3.05) is 0 Å². The monoisotopic (exact) mass is 603 g/mol. The largest absolute Gasteiger partial charge is 0.456 e. The first-order chi connectivity index (χ1) is 23.3. The fourth-order valence-electron chi connectivity index (χ4n) is 6.81. The molecule has 0 aliphatic heterocycles. The van der Waals surface area contributed by atoms with Crippen LogP contribution in [0.5, 0.6) is 0 Å². The summed E-state index contributed by atoms with van der Waals surface area (Å²) in [6.07, 6.45) is 6.19. The molecule has 2 heterocycles. The Morgan fingerprint density at radius 3 is 1.72 bits per heavy atom. The van der Waals surface area contributed by atoms with Crippen molar-refractivity contribution in [3.8, 4) is 33.9 Å². The summed E-state index contributed by atoms with van der Waals surface area (Å²) in [7, 11) is 0. The Morgan fingerprint density at radius 2 is 0.936 bits per heavy atom. The maximum absolute atomic E-state index is 6.24. The minimum atomic E-state index is 0.669. The van der Waals surface area contributed by atoms with Crippen molar-refractivity contribution in [1.82, 2.24) is 15.0 Å². The molecular formula is C43H29N3O. The molecule has 4 nitrogen and oxygen atoms in total. The fraction of sp³-hybridized carbons (Fsp3) is 0.0465. The summed E-state index contributed by atoms with van der Waals surface area (Å²) in [4.78, 5) is 15.3. The Balaban J connectivity index is 1.22. The standard InChI is InChI=1S/C43H29N3O/c1-3-12-28(13-4-1)29-24-26-31(27-25-29)42-44-41(30-14-5-2-6-15-30)45-43(46-42)36-21-10-17-32-33(18-9-19-34(32)36)35-20-11-23-39-40(35)37-16-7-8-22-38(37)47-39/h1-24,26H,25,27H2. The third kappa shape index (κ3) is 4.82. The summed E-state index contributed by atoms with van der Waals surface area (Å²) in [5, 5.41) is 4.47. The van der Waals surface area contributed by atoms with Crippen molar-refractivity contribution < 1.29 is 4.42 Å². The van der Waals surface area contributed by atoms with Crippen LogP contribution in [0.25, 0.3) is 77.8 Å². The lowest BCUT2D eigenvalue weighted by molar-refractivity contribution is 0.669. The van der Waals surface area contributed by atoms with Crippen molar-refractivity contribution in [2.45, 2.75) is 12.8 Å². The van der Waals surface area contributed by atoms with Gasteiger partial charge in [-0.1, -0.05) is 140 Å². The third-order valence-electron chi connectivity index (χ3n) is 9.10. The number of furan rings is 1. The fourth-order valence-corrected chi connectivity index (χ4v) is 6.81. The Bertz CT molecular complexity index is 2510. The van der Waals surface area contributed by atoms with E-state index in [1.807, 2.05) is 36.4 Å². The van der Waals surface area contributed by atoms with Gasteiger partial charge in [0.15, 0.2) is 17.5 Å². The molecule has 1 aliphatic rings. The summed E-state index contributed by atoms with van der Waals surface area (Å²) < 4.78 is 6.24. The zero-order valence-electron chi connectivity index (χ0n) is 25.6. The quantitative estimate of drug-likeness (QED) is 0.196. The Labute approximate surface area is 272 Å². The predicted molar refractivity (Wildman–Crippen MR) is 193 cm³/mol. The van der Waals surface area contributed by atoms with E-state index in [9.17, 15) is 0 Å². The molecule has 4 heteroatoms. The molecule has 47 heavy (non-hydrogen) atoms. The molecule has 0 unspecified atom stereocenters. The lowest BCUT2D eigenvalue weighted by atomic mass is 9.92. The highest BCUT2D eigenvalue weighted by Gasteiger charge is 2.19. The van der Waals surface area contributed by atoms with Gasteiger partial charge in [0, 0.05) is 21.9 Å². The van der Waals surface area contributed by atoms with Gasteiger partial charge in [-0.25, -0.2) is 15.0 Å². The number of rotatable bonds is 5. The van der Waals surface area contributed by atoms with E-state index >= 15 is 0 Å². The number of hydrogen-bond donors (Lipinski definition) is 0. The van der Waals surface area contributed by atoms with Gasteiger partial charge in [-0.3, -0.25) is 0 Å². The van der Waals surface area contributed by atoms with Gasteiger partial charge in [0.2, 0.25) is 0 Å². The van der Waals surface area contributed by atoms with Crippen molar-refractivity contribution >= 4 is 43.9 Å². The zero-order chi connectivity index (χ0) is 31.2. The summed E-state index contributed by atoms with van der Waals surface area (Å²) in [6.45, 7) is 0. The van der Waals surface area contributed by atoms with Gasteiger partial charge in [-0.2, -0.15) is 0 Å². The van der Waals surface area contributed by atoms with Crippen LogP contribution in [0.15, 0.2) is 156 Å². The molecule has 2 aromatic heterocycles. The lowest BCUT2D eigenvalue weighted by Gasteiger charge is -2.16. The molecule has 0 fully saturated rings. The van der Waals surface area contributed by atoms with Gasteiger partial charge >= 0.3 is 0 Å². The lowest BCUT2D eigenvalue weighted by Crippen LogP contribution is -2.04. The molecule has 0 saturated carbocycles. The first-order valence-corrected chi connectivity index (χ1v) is 16.0. The van der Waals surface area contributed by atoms with Crippen LogP contribution in [0.1, 0.15) is 24.2 Å². The van der Waals surface area contributed by atoms with Crippen LogP contribution in [-0.4, -0.2) is 15.0 Å². The number of hydrogen-bond acceptors (Lipinski definition) is 4. The second-order valence-electron chi connectivity index (χ2n) is 11.9. The molecule has 8 aromatic rings. The summed E-state index contributed by atoms with van der Waals surface area (Å²) in [6, 6.07) is 48.2. The second kappa shape index (κ2) is 11.3. The Kier molecular flexibility index (Phi) is 6.57. The molecule has 6 aromatic carbocycles. The van der Waals surface area contributed by atoms with Crippen LogP contribution in [0.4, 0.5) is 0 Å². The van der Waals surface area contributed by atoms with Crippen LogP contribution in [0, 0.1) is 0 Å². The van der Waals surface area contributed by atoms with E-state index in [0.29, 0.717) is 11.6 Å². The van der Waals surface area contributed by atoms with Crippen LogP contribution in [0.3, 0.4) is 0 Å². The molecule has 9 rings (SSSR count). The highest BCUT2D eigenvalue weighted by molar-refractivity contribution is 6.16. The van der Waals surface area contributed by atoms with E-state index in [2.05, 4.69) is 115 Å². The molecule has 0 amide bonds. The molecule has 1 aliphatic carbocycles. The van der Waals surface area contributed by atoms with Gasteiger partial charge < -0.3 is 4.42 Å². The van der Waals surface area contributed by atoms with Gasteiger partial charge in [0.25, 0.3) is 0 Å². The molecule has 0 spiro atoms. The zero-order valence-corrected chi connectivity index (χ0v) is 25.6. The van der Waals surface area contributed by atoms with E-state index in [1.165, 1.54) is 11.1 Å². The molecule has 0 saturated heterocycles. The van der Waals surface area contributed by atoms with Crippen molar-refractivity contribution in [2.24, 2.45) is 0 Å². The third-order valence-corrected chi connectivity index (χ3v) is 9.10. The predicted octanol–water partition coefficient (Wildman–Crippen LogP) is 11.2. The highest BCUT2D eigenvalue weighted by atomic mass is 16.3. The summed E-state index contributed by atoms with van der Waals surface area (Å²) >= 11 is 0. The molecule has 0 atom stereocenters. The van der Waals surface area contributed by atoms with Crippen molar-refractivity contribution in [3.05, 3.63) is 163 Å². The van der Waals surface area contributed by atoms with Gasteiger partial charge in [0.1, 0.15) is 11.2 Å². The van der Waals surface area contributed by atoms with E-state index in [1.54, 1.807) is 0 Å². The molecule has 0 bridgehead atoms. The van der Waals surface area contributed by atoms with Crippen LogP contribution < -0.4 is 0 Å². The van der Waals surface area contributed by atoms with E-state index in [-0.39, 0.29) is 0 Å². The summed E-state index contributed by atoms with van der Waals surface area (Å²) in [5.41, 5.74) is 9.72. The highest BCUT2D eigenvalue weighted by Crippen LogP contribution is 2.41. The van der Waals surface area contributed by atoms with Crippen molar-refractivity contribution in [1.29, 1.82) is 0 Å². The van der Waals surface area contributed by atoms with E-state index in [0.717, 1.165) is 79.2 Å². The number of benzene rings is 6. The second-order valence-corrected chi connectivity index (χ2v) is 11.9. The average molecular weight is 604 g/mol. The first-order valence-electron chi connectivity index (χ1n) is 16.0. The topological polar surface area (TPSA) is 51.8 Å². The summed E-state index contributed by atoms with van der Waals surface area (Å²) in [5.74, 6) is 2.06. The normalized spacial score (nSPS) is 13.2.